The van der Waals surface area contributed by atoms with Gasteiger partial charge in [0.25, 0.3) is 0 Å². The summed E-state index contributed by atoms with van der Waals surface area (Å²) in [4.78, 5) is 15.8. The highest BCUT2D eigenvalue weighted by atomic mass is 19.1. The number of oxazole rings is 1. The number of hydrogen-bond donors (Lipinski definition) is 1. The minimum Gasteiger partial charge on any atom is -0.408 e. The summed E-state index contributed by atoms with van der Waals surface area (Å²) in [7, 11) is 1.63. The molecule has 0 spiro atoms. The van der Waals surface area contributed by atoms with Crippen LogP contribution in [0.15, 0.2) is 70.1 Å². The van der Waals surface area contributed by atoms with Crippen LogP contribution in [0.4, 0.5) is 4.39 Å². The maximum absolute atomic E-state index is 13.2. The molecule has 0 aliphatic rings. The molecular weight excluding hydrogens is 335 g/mol. The van der Waals surface area contributed by atoms with Crippen molar-refractivity contribution in [1.29, 1.82) is 0 Å². The van der Waals surface area contributed by atoms with Gasteiger partial charge in [0.15, 0.2) is 5.58 Å². The SMILES string of the molecule is Cn1c(=O)oc2ccc(-c3cnccc3C(O)c3ccc(F)cc3)cc21. The summed E-state index contributed by atoms with van der Waals surface area (Å²) in [6, 6.07) is 12.8. The molecule has 4 rings (SSSR count). The number of fused-ring (bicyclic) bond motifs is 1. The van der Waals surface area contributed by atoms with E-state index in [1.54, 1.807) is 43.7 Å². The van der Waals surface area contributed by atoms with Crippen molar-refractivity contribution in [3.05, 3.63) is 88.4 Å². The van der Waals surface area contributed by atoms with Crippen LogP contribution in [0.2, 0.25) is 0 Å². The summed E-state index contributed by atoms with van der Waals surface area (Å²) in [5, 5.41) is 10.8. The van der Waals surface area contributed by atoms with Gasteiger partial charge in [-0.3, -0.25) is 9.55 Å². The van der Waals surface area contributed by atoms with Crippen molar-refractivity contribution in [2.75, 3.05) is 0 Å². The highest BCUT2D eigenvalue weighted by molar-refractivity contribution is 5.81. The van der Waals surface area contributed by atoms with Gasteiger partial charge >= 0.3 is 5.76 Å². The molecule has 0 fully saturated rings. The molecule has 130 valence electrons. The fourth-order valence-corrected chi connectivity index (χ4v) is 3.00. The van der Waals surface area contributed by atoms with Gasteiger partial charge in [-0.15, -0.1) is 0 Å². The molecule has 4 aromatic rings. The second-order valence-corrected chi connectivity index (χ2v) is 6.03. The van der Waals surface area contributed by atoms with Gasteiger partial charge in [-0.1, -0.05) is 18.2 Å². The Morgan fingerprint density at radius 1 is 1.15 bits per heavy atom. The zero-order valence-corrected chi connectivity index (χ0v) is 13.9. The minimum absolute atomic E-state index is 0.359. The lowest BCUT2D eigenvalue weighted by atomic mass is 9.94. The maximum atomic E-state index is 13.2. The van der Waals surface area contributed by atoms with E-state index in [1.807, 2.05) is 12.1 Å². The van der Waals surface area contributed by atoms with Crippen molar-refractivity contribution >= 4 is 11.1 Å². The Bertz CT molecular complexity index is 1150. The number of hydrogen-bond acceptors (Lipinski definition) is 4. The van der Waals surface area contributed by atoms with Crippen molar-refractivity contribution in [3.8, 4) is 11.1 Å². The summed E-state index contributed by atoms with van der Waals surface area (Å²) in [6.45, 7) is 0. The van der Waals surface area contributed by atoms with Gasteiger partial charge in [0, 0.05) is 25.0 Å². The third-order valence-corrected chi connectivity index (χ3v) is 4.44. The molecule has 6 heteroatoms. The molecule has 0 saturated carbocycles. The Hall–Kier alpha value is -3.25. The fourth-order valence-electron chi connectivity index (χ4n) is 3.00. The number of nitrogens with zero attached hydrogens (tertiary/aromatic N) is 2. The van der Waals surface area contributed by atoms with Crippen LogP contribution >= 0.6 is 0 Å². The Morgan fingerprint density at radius 2 is 1.92 bits per heavy atom. The normalized spacial score (nSPS) is 12.4. The number of benzene rings is 2. The van der Waals surface area contributed by atoms with Crippen molar-refractivity contribution < 1.29 is 13.9 Å². The monoisotopic (exact) mass is 350 g/mol. The Labute approximate surface area is 148 Å². The lowest BCUT2D eigenvalue weighted by Crippen LogP contribution is -2.08. The van der Waals surface area contributed by atoms with E-state index in [2.05, 4.69) is 4.98 Å². The molecule has 0 aliphatic carbocycles. The van der Waals surface area contributed by atoms with Gasteiger partial charge in [0.1, 0.15) is 11.9 Å². The topological polar surface area (TPSA) is 68.3 Å². The second kappa shape index (κ2) is 6.24. The molecule has 5 nitrogen and oxygen atoms in total. The van der Waals surface area contributed by atoms with Crippen molar-refractivity contribution in [3.63, 3.8) is 0 Å². The van der Waals surface area contributed by atoms with Crippen LogP contribution < -0.4 is 5.76 Å². The molecule has 0 aliphatic heterocycles. The molecule has 0 amide bonds. The van der Waals surface area contributed by atoms with Gasteiger partial charge in [-0.25, -0.2) is 9.18 Å². The quantitative estimate of drug-likeness (QED) is 0.615. The van der Waals surface area contributed by atoms with Crippen LogP contribution in [0.3, 0.4) is 0 Å². The second-order valence-electron chi connectivity index (χ2n) is 6.03. The molecule has 2 heterocycles. The zero-order chi connectivity index (χ0) is 18.3. The summed E-state index contributed by atoms with van der Waals surface area (Å²) in [5.74, 6) is -0.794. The van der Waals surface area contributed by atoms with Gasteiger partial charge in [0.2, 0.25) is 0 Å². The molecule has 1 atom stereocenters. The molecule has 1 N–H and O–H groups in total. The number of aliphatic hydroxyl groups excluding tert-OH is 1. The van der Waals surface area contributed by atoms with Crippen LogP contribution in [0, 0.1) is 5.82 Å². The molecular formula is C20H15FN2O3. The number of aryl methyl sites for hydroxylation is 1. The van der Waals surface area contributed by atoms with E-state index in [4.69, 9.17) is 4.42 Å². The van der Waals surface area contributed by atoms with E-state index in [-0.39, 0.29) is 5.82 Å². The summed E-state index contributed by atoms with van der Waals surface area (Å²) in [5.41, 5.74) is 3.87. The van der Waals surface area contributed by atoms with Gasteiger partial charge in [-0.2, -0.15) is 0 Å². The van der Waals surface area contributed by atoms with E-state index in [1.165, 1.54) is 16.7 Å². The first kappa shape index (κ1) is 16.2. The maximum Gasteiger partial charge on any atom is 0.419 e. The lowest BCUT2D eigenvalue weighted by molar-refractivity contribution is 0.220. The van der Waals surface area contributed by atoms with Crippen LogP contribution in [-0.2, 0) is 7.05 Å². The lowest BCUT2D eigenvalue weighted by Gasteiger charge is -2.16. The van der Waals surface area contributed by atoms with Crippen molar-refractivity contribution in [2.24, 2.45) is 7.05 Å². The molecule has 2 aromatic heterocycles. The smallest absolute Gasteiger partial charge is 0.408 e. The van der Waals surface area contributed by atoms with Crippen LogP contribution in [0.25, 0.3) is 22.2 Å². The highest BCUT2D eigenvalue weighted by Crippen LogP contribution is 2.32. The van der Waals surface area contributed by atoms with Crippen molar-refractivity contribution in [2.45, 2.75) is 6.10 Å². The predicted octanol–water partition coefficient (Wildman–Crippen LogP) is 3.41. The number of aromatic nitrogens is 2. The van der Waals surface area contributed by atoms with E-state index in [0.29, 0.717) is 22.2 Å². The van der Waals surface area contributed by atoms with E-state index < -0.39 is 11.9 Å². The zero-order valence-electron chi connectivity index (χ0n) is 13.9. The highest BCUT2D eigenvalue weighted by Gasteiger charge is 2.17. The first-order chi connectivity index (χ1) is 12.5. The van der Waals surface area contributed by atoms with Gasteiger partial charge in [-0.05, 0) is 47.0 Å². The summed E-state index contributed by atoms with van der Waals surface area (Å²) in [6.07, 6.45) is 2.32. The number of aliphatic hydroxyl groups is 1. The average molecular weight is 350 g/mol. The van der Waals surface area contributed by atoms with Gasteiger partial charge < -0.3 is 9.52 Å². The number of halogens is 1. The Morgan fingerprint density at radius 3 is 2.69 bits per heavy atom. The third-order valence-electron chi connectivity index (χ3n) is 4.44. The Kier molecular flexibility index (Phi) is 3.89. The molecule has 1 unspecified atom stereocenters. The number of rotatable bonds is 3. The molecule has 0 saturated heterocycles. The standard InChI is InChI=1S/C20H15FN2O3/c1-23-17-10-13(4-7-18(17)26-20(23)25)16-11-22-9-8-15(16)19(24)12-2-5-14(21)6-3-12/h2-11,19,24H,1H3. The molecule has 2 aromatic carbocycles. The fraction of sp³-hybridized carbons (Fsp3) is 0.100. The van der Waals surface area contributed by atoms with E-state index >= 15 is 0 Å². The van der Waals surface area contributed by atoms with Crippen LogP contribution in [0.1, 0.15) is 17.2 Å². The molecule has 0 radical (unpaired) electrons. The minimum atomic E-state index is -0.933. The third kappa shape index (κ3) is 2.70. The van der Waals surface area contributed by atoms with Gasteiger partial charge in [0.05, 0.1) is 5.52 Å². The van der Waals surface area contributed by atoms with Crippen LogP contribution in [-0.4, -0.2) is 14.7 Å². The summed E-state index contributed by atoms with van der Waals surface area (Å²) < 4.78 is 19.7. The van der Waals surface area contributed by atoms with Crippen molar-refractivity contribution in [1.82, 2.24) is 9.55 Å². The number of pyridine rings is 1. The van der Waals surface area contributed by atoms with Crippen LogP contribution in [0.5, 0.6) is 0 Å². The first-order valence-corrected chi connectivity index (χ1v) is 8.02. The molecule has 26 heavy (non-hydrogen) atoms. The molecule has 0 bridgehead atoms. The van der Waals surface area contributed by atoms with E-state index in [0.717, 1.165) is 11.1 Å². The van der Waals surface area contributed by atoms with E-state index in [9.17, 15) is 14.3 Å². The average Bonchev–Trinajstić information content (AvgIpc) is 2.95. The summed E-state index contributed by atoms with van der Waals surface area (Å²) >= 11 is 0. The Balaban J connectivity index is 1.84. The predicted molar refractivity (Wildman–Crippen MR) is 95.1 cm³/mol. The largest absolute Gasteiger partial charge is 0.419 e. The first-order valence-electron chi connectivity index (χ1n) is 8.02.